The summed E-state index contributed by atoms with van der Waals surface area (Å²) in [6, 6.07) is 0. The summed E-state index contributed by atoms with van der Waals surface area (Å²) in [6.45, 7) is 12.0. The Morgan fingerprint density at radius 3 is 2.05 bits per heavy atom. The van der Waals surface area contributed by atoms with Crippen LogP contribution in [-0.2, 0) is 0 Å². The normalized spacial score (nSPS) is 19.5. The van der Waals surface area contributed by atoms with Gasteiger partial charge in [0, 0.05) is 19.6 Å². The van der Waals surface area contributed by atoms with Crippen LogP contribution in [0.4, 0.5) is 0 Å². The standard InChI is InChI=1S/C18H38N2/c1-5-17(6-2)14-20(7-3)16-18(15-19-4)12-10-8-9-11-13-18/h17,19H,5-16H2,1-4H3. The van der Waals surface area contributed by atoms with Crippen LogP contribution in [0.1, 0.15) is 72.1 Å². The van der Waals surface area contributed by atoms with Gasteiger partial charge < -0.3 is 10.2 Å². The molecule has 0 spiro atoms. The molecule has 0 saturated heterocycles. The molecule has 20 heavy (non-hydrogen) atoms. The smallest absolute Gasteiger partial charge is 0.00501 e. The van der Waals surface area contributed by atoms with E-state index in [2.05, 4.69) is 38.0 Å². The Labute approximate surface area is 127 Å². The van der Waals surface area contributed by atoms with Gasteiger partial charge in [0.05, 0.1) is 0 Å². The first-order chi connectivity index (χ1) is 9.69. The van der Waals surface area contributed by atoms with E-state index in [1.165, 1.54) is 77.5 Å². The molecule has 0 heterocycles. The Morgan fingerprint density at radius 1 is 1.00 bits per heavy atom. The quantitative estimate of drug-likeness (QED) is 0.634. The lowest BCUT2D eigenvalue weighted by molar-refractivity contribution is 0.117. The van der Waals surface area contributed by atoms with Gasteiger partial charge in [-0.3, -0.25) is 0 Å². The Bertz CT molecular complexity index is 228. The minimum Gasteiger partial charge on any atom is -0.319 e. The van der Waals surface area contributed by atoms with E-state index in [9.17, 15) is 0 Å². The molecule has 0 aromatic heterocycles. The molecular formula is C18H38N2. The summed E-state index contributed by atoms with van der Waals surface area (Å²) < 4.78 is 0. The van der Waals surface area contributed by atoms with Crippen molar-refractivity contribution in [3.8, 4) is 0 Å². The van der Waals surface area contributed by atoms with Crippen LogP contribution in [0.2, 0.25) is 0 Å². The predicted molar refractivity (Wildman–Crippen MR) is 90.2 cm³/mol. The number of hydrogen-bond donors (Lipinski definition) is 1. The van der Waals surface area contributed by atoms with Crippen molar-refractivity contribution in [2.75, 3.05) is 33.2 Å². The van der Waals surface area contributed by atoms with E-state index >= 15 is 0 Å². The molecule has 1 N–H and O–H groups in total. The largest absolute Gasteiger partial charge is 0.319 e. The molecular weight excluding hydrogens is 244 g/mol. The van der Waals surface area contributed by atoms with Crippen molar-refractivity contribution in [1.29, 1.82) is 0 Å². The second kappa shape index (κ2) is 9.78. The van der Waals surface area contributed by atoms with Crippen molar-refractivity contribution < 1.29 is 0 Å². The third-order valence-electron chi connectivity index (χ3n) is 5.39. The van der Waals surface area contributed by atoms with Crippen LogP contribution in [0.5, 0.6) is 0 Å². The number of rotatable bonds is 9. The lowest BCUT2D eigenvalue weighted by Crippen LogP contribution is -2.44. The van der Waals surface area contributed by atoms with E-state index in [0.717, 1.165) is 5.92 Å². The lowest BCUT2D eigenvalue weighted by atomic mass is 9.79. The maximum Gasteiger partial charge on any atom is 0.00501 e. The zero-order chi connectivity index (χ0) is 14.8. The Hall–Kier alpha value is -0.0800. The SMILES string of the molecule is CCC(CC)CN(CC)CC1(CNC)CCCCCC1. The zero-order valence-corrected chi connectivity index (χ0v) is 14.5. The molecule has 0 bridgehead atoms. The third kappa shape index (κ3) is 5.73. The summed E-state index contributed by atoms with van der Waals surface area (Å²) >= 11 is 0. The van der Waals surface area contributed by atoms with Crippen LogP contribution in [0, 0.1) is 11.3 Å². The van der Waals surface area contributed by atoms with Gasteiger partial charge in [-0.25, -0.2) is 0 Å². The van der Waals surface area contributed by atoms with Crippen molar-refractivity contribution in [2.24, 2.45) is 11.3 Å². The molecule has 0 amide bonds. The van der Waals surface area contributed by atoms with E-state index in [4.69, 9.17) is 0 Å². The first-order valence-electron chi connectivity index (χ1n) is 9.06. The summed E-state index contributed by atoms with van der Waals surface area (Å²) in [4.78, 5) is 2.74. The Morgan fingerprint density at radius 2 is 1.60 bits per heavy atom. The van der Waals surface area contributed by atoms with Crippen LogP contribution in [0.25, 0.3) is 0 Å². The average Bonchev–Trinajstić information content (AvgIpc) is 2.69. The number of nitrogens with one attached hydrogen (secondary N) is 1. The van der Waals surface area contributed by atoms with Crippen molar-refractivity contribution in [1.82, 2.24) is 10.2 Å². The molecule has 0 atom stereocenters. The van der Waals surface area contributed by atoms with Crippen molar-refractivity contribution >= 4 is 0 Å². The van der Waals surface area contributed by atoms with Gasteiger partial charge in [0.1, 0.15) is 0 Å². The van der Waals surface area contributed by atoms with Gasteiger partial charge in [0.2, 0.25) is 0 Å². The Kier molecular flexibility index (Phi) is 8.79. The number of hydrogen-bond acceptors (Lipinski definition) is 2. The first kappa shape index (κ1) is 18.0. The fourth-order valence-electron chi connectivity index (χ4n) is 3.94. The van der Waals surface area contributed by atoms with Crippen molar-refractivity contribution in [3.63, 3.8) is 0 Å². The molecule has 1 aliphatic rings. The van der Waals surface area contributed by atoms with Crippen molar-refractivity contribution in [2.45, 2.75) is 72.1 Å². The molecule has 1 rings (SSSR count). The minimum absolute atomic E-state index is 0.535. The first-order valence-corrected chi connectivity index (χ1v) is 9.06. The summed E-state index contributed by atoms with van der Waals surface area (Å²) in [5, 5.41) is 3.49. The molecule has 0 aromatic carbocycles. The van der Waals surface area contributed by atoms with Gasteiger partial charge >= 0.3 is 0 Å². The maximum absolute atomic E-state index is 3.49. The molecule has 2 heteroatoms. The molecule has 1 aliphatic carbocycles. The fraction of sp³-hybridized carbons (Fsp3) is 1.00. The molecule has 1 fully saturated rings. The summed E-state index contributed by atoms with van der Waals surface area (Å²) in [5.41, 5.74) is 0.535. The molecule has 120 valence electrons. The molecule has 1 saturated carbocycles. The monoisotopic (exact) mass is 282 g/mol. The van der Waals surface area contributed by atoms with Gasteiger partial charge in [-0.05, 0) is 37.8 Å². The molecule has 2 nitrogen and oxygen atoms in total. The highest BCUT2D eigenvalue weighted by Gasteiger charge is 2.32. The topological polar surface area (TPSA) is 15.3 Å². The fourth-order valence-corrected chi connectivity index (χ4v) is 3.94. The van der Waals surface area contributed by atoms with E-state index in [-0.39, 0.29) is 0 Å². The maximum atomic E-state index is 3.49. The highest BCUT2D eigenvalue weighted by molar-refractivity contribution is 4.87. The van der Waals surface area contributed by atoms with Gasteiger partial charge in [-0.15, -0.1) is 0 Å². The molecule has 0 aliphatic heterocycles. The third-order valence-corrected chi connectivity index (χ3v) is 5.39. The molecule has 0 unspecified atom stereocenters. The summed E-state index contributed by atoms with van der Waals surface area (Å²) in [6.07, 6.45) is 11.3. The lowest BCUT2D eigenvalue weighted by Gasteiger charge is -2.39. The summed E-state index contributed by atoms with van der Waals surface area (Å²) in [5.74, 6) is 0.882. The van der Waals surface area contributed by atoms with E-state index < -0.39 is 0 Å². The average molecular weight is 283 g/mol. The summed E-state index contributed by atoms with van der Waals surface area (Å²) in [7, 11) is 2.13. The van der Waals surface area contributed by atoms with E-state index in [0.29, 0.717) is 5.41 Å². The predicted octanol–water partition coefficient (Wildman–Crippen LogP) is 4.30. The van der Waals surface area contributed by atoms with Crippen LogP contribution in [0.15, 0.2) is 0 Å². The molecule has 0 aromatic rings. The Balaban J connectivity index is 2.65. The highest BCUT2D eigenvalue weighted by Crippen LogP contribution is 2.35. The van der Waals surface area contributed by atoms with Crippen molar-refractivity contribution in [3.05, 3.63) is 0 Å². The van der Waals surface area contributed by atoms with Crippen LogP contribution in [-0.4, -0.2) is 38.1 Å². The zero-order valence-electron chi connectivity index (χ0n) is 14.5. The minimum atomic E-state index is 0.535. The second-order valence-electron chi connectivity index (χ2n) is 6.95. The van der Waals surface area contributed by atoms with Crippen LogP contribution < -0.4 is 5.32 Å². The van der Waals surface area contributed by atoms with Gasteiger partial charge in [-0.1, -0.05) is 59.3 Å². The van der Waals surface area contributed by atoms with E-state index in [1.54, 1.807) is 0 Å². The van der Waals surface area contributed by atoms with Gasteiger partial charge in [0.15, 0.2) is 0 Å². The van der Waals surface area contributed by atoms with Crippen LogP contribution in [0.3, 0.4) is 0 Å². The highest BCUT2D eigenvalue weighted by atomic mass is 15.1. The molecule has 0 radical (unpaired) electrons. The van der Waals surface area contributed by atoms with Gasteiger partial charge in [0.25, 0.3) is 0 Å². The number of nitrogens with zero attached hydrogens (tertiary/aromatic N) is 1. The van der Waals surface area contributed by atoms with E-state index in [1.807, 2.05) is 0 Å². The van der Waals surface area contributed by atoms with Gasteiger partial charge in [-0.2, -0.15) is 0 Å². The van der Waals surface area contributed by atoms with Crippen LogP contribution >= 0.6 is 0 Å². The second-order valence-corrected chi connectivity index (χ2v) is 6.95.